The van der Waals surface area contributed by atoms with Gasteiger partial charge in [-0.3, -0.25) is 4.79 Å². The third-order valence-electron chi connectivity index (χ3n) is 3.98. The minimum Gasteiger partial charge on any atom is -0.462 e. The van der Waals surface area contributed by atoms with Gasteiger partial charge in [-0.1, -0.05) is 17.3 Å². The van der Waals surface area contributed by atoms with Crippen LogP contribution in [0.5, 0.6) is 0 Å². The van der Waals surface area contributed by atoms with Crippen molar-refractivity contribution < 1.29 is 14.3 Å². The molecular weight excluding hydrogens is 392 g/mol. The summed E-state index contributed by atoms with van der Waals surface area (Å²) in [5.74, 6) is 1.87. The van der Waals surface area contributed by atoms with Crippen LogP contribution in [0.25, 0.3) is 10.2 Å². The van der Waals surface area contributed by atoms with E-state index in [1.54, 1.807) is 53.6 Å². The lowest BCUT2D eigenvalue weighted by Crippen LogP contribution is -2.16. The molecule has 2 aromatic carbocycles. The summed E-state index contributed by atoms with van der Waals surface area (Å²) < 4.78 is 7.65. The maximum absolute atomic E-state index is 12.6. The Morgan fingerprint density at radius 2 is 1.93 bits per heavy atom. The first-order valence-electron chi connectivity index (χ1n) is 8.54. The molecule has 3 rings (SSSR count). The van der Waals surface area contributed by atoms with E-state index in [9.17, 15) is 9.59 Å². The van der Waals surface area contributed by atoms with Crippen molar-refractivity contribution >= 4 is 45.2 Å². The number of carbonyl (C=O) groups is 2. The van der Waals surface area contributed by atoms with Crippen LogP contribution >= 0.6 is 23.1 Å². The van der Waals surface area contributed by atoms with Gasteiger partial charge in [0.2, 0.25) is 0 Å². The number of esters is 1. The molecule has 0 aliphatic carbocycles. The largest absolute Gasteiger partial charge is 0.462 e. The predicted molar refractivity (Wildman–Crippen MR) is 113 cm³/mol. The summed E-state index contributed by atoms with van der Waals surface area (Å²) in [6, 6.07) is 12.5. The molecular formula is C21H18N2O3S2. The molecule has 7 heteroatoms. The summed E-state index contributed by atoms with van der Waals surface area (Å²) in [5, 5.41) is 0. The van der Waals surface area contributed by atoms with Gasteiger partial charge in [0.1, 0.15) is 0 Å². The van der Waals surface area contributed by atoms with Gasteiger partial charge in [0.25, 0.3) is 5.91 Å². The first-order chi connectivity index (χ1) is 13.6. The average molecular weight is 411 g/mol. The maximum atomic E-state index is 12.6. The van der Waals surface area contributed by atoms with Gasteiger partial charge in [0.05, 0.1) is 28.9 Å². The Bertz CT molecular complexity index is 1140. The molecule has 1 amide bonds. The van der Waals surface area contributed by atoms with Crippen molar-refractivity contribution in [1.29, 1.82) is 0 Å². The lowest BCUT2D eigenvalue weighted by molar-refractivity contribution is 0.0526. The monoisotopic (exact) mass is 410 g/mol. The van der Waals surface area contributed by atoms with Gasteiger partial charge in [-0.15, -0.1) is 18.2 Å². The van der Waals surface area contributed by atoms with Crippen LogP contribution < -0.4 is 4.80 Å². The first-order valence-corrected chi connectivity index (χ1v) is 10.6. The molecule has 3 aromatic rings. The third-order valence-corrected chi connectivity index (χ3v) is 5.76. The van der Waals surface area contributed by atoms with Crippen molar-refractivity contribution in [3.05, 3.63) is 58.4 Å². The number of thiazole rings is 1. The molecule has 0 fully saturated rings. The highest BCUT2D eigenvalue weighted by atomic mass is 32.2. The van der Waals surface area contributed by atoms with Gasteiger partial charge in [-0.2, -0.15) is 4.99 Å². The molecule has 0 N–H and O–H groups in total. The number of hydrogen-bond donors (Lipinski definition) is 0. The van der Waals surface area contributed by atoms with E-state index < -0.39 is 0 Å². The highest BCUT2D eigenvalue weighted by Gasteiger charge is 2.12. The number of rotatable bonds is 5. The number of amides is 1. The Kier molecular flexibility index (Phi) is 6.34. The second-order valence-electron chi connectivity index (χ2n) is 5.72. The highest BCUT2D eigenvalue weighted by Crippen LogP contribution is 2.20. The molecule has 0 aliphatic rings. The van der Waals surface area contributed by atoms with Crippen molar-refractivity contribution in [3.8, 4) is 12.3 Å². The fourth-order valence-electron chi connectivity index (χ4n) is 2.63. The van der Waals surface area contributed by atoms with Crippen LogP contribution in [0.1, 0.15) is 27.6 Å². The Morgan fingerprint density at radius 3 is 2.57 bits per heavy atom. The van der Waals surface area contributed by atoms with Crippen LogP contribution in [0.15, 0.2) is 52.4 Å². The van der Waals surface area contributed by atoms with Crippen LogP contribution in [-0.2, 0) is 11.3 Å². The SMILES string of the molecule is C#CCn1c(=NC(=O)c2ccc(SC)cc2)sc2cc(C(=O)OCC)ccc21. The van der Waals surface area contributed by atoms with Crippen molar-refractivity contribution in [2.45, 2.75) is 18.4 Å². The van der Waals surface area contributed by atoms with E-state index in [2.05, 4.69) is 10.9 Å². The normalized spacial score (nSPS) is 11.4. The van der Waals surface area contributed by atoms with E-state index >= 15 is 0 Å². The molecule has 142 valence electrons. The van der Waals surface area contributed by atoms with E-state index in [0.717, 1.165) is 15.1 Å². The topological polar surface area (TPSA) is 60.7 Å². The van der Waals surface area contributed by atoms with Gasteiger partial charge in [-0.25, -0.2) is 4.79 Å². The van der Waals surface area contributed by atoms with Crippen LogP contribution in [0, 0.1) is 12.3 Å². The Balaban J connectivity index is 2.06. The fraction of sp³-hybridized carbons (Fsp3) is 0.190. The average Bonchev–Trinajstić information content (AvgIpc) is 3.04. The van der Waals surface area contributed by atoms with Crippen LogP contribution in [0.3, 0.4) is 0 Å². The number of terminal acetylenes is 1. The van der Waals surface area contributed by atoms with Crippen molar-refractivity contribution in [1.82, 2.24) is 4.57 Å². The molecule has 5 nitrogen and oxygen atoms in total. The molecule has 0 saturated heterocycles. The quantitative estimate of drug-likeness (QED) is 0.363. The summed E-state index contributed by atoms with van der Waals surface area (Å²) in [4.78, 5) is 30.4. The van der Waals surface area contributed by atoms with Crippen LogP contribution in [-0.4, -0.2) is 29.3 Å². The molecule has 0 atom stereocenters. The number of fused-ring (bicyclic) bond motifs is 1. The van der Waals surface area contributed by atoms with Gasteiger partial charge in [-0.05, 0) is 55.6 Å². The number of hydrogen-bond acceptors (Lipinski definition) is 5. The third kappa shape index (κ3) is 4.19. The molecule has 1 heterocycles. The van der Waals surface area contributed by atoms with E-state index in [-0.39, 0.29) is 18.4 Å². The zero-order valence-corrected chi connectivity index (χ0v) is 17.1. The Labute approximate surface area is 171 Å². The smallest absolute Gasteiger partial charge is 0.338 e. The zero-order chi connectivity index (χ0) is 20.1. The van der Waals surface area contributed by atoms with Crippen molar-refractivity contribution in [3.63, 3.8) is 0 Å². The van der Waals surface area contributed by atoms with E-state index in [0.29, 0.717) is 22.5 Å². The maximum Gasteiger partial charge on any atom is 0.338 e. The lowest BCUT2D eigenvalue weighted by Gasteiger charge is -2.03. The number of benzene rings is 2. The van der Waals surface area contributed by atoms with Gasteiger partial charge >= 0.3 is 5.97 Å². The summed E-state index contributed by atoms with van der Waals surface area (Å²) in [6.45, 7) is 2.34. The minimum atomic E-state index is -0.384. The summed E-state index contributed by atoms with van der Waals surface area (Å²) in [7, 11) is 0. The molecule has 0 unspecified atom stereocenters. The van der Waals surface area contributed by atoms with Crippen molar-refractivity contribution in [2.75, 3.05) is 12.9 Å². The van der Waals surface area contributed by atoms with Gasteiger partial charge in [0.15, 0.2) is 4.80 Å². The number of ether oxygens (including phenoxy) is 1. The molecule has 0 bridgehead atoms. The van der Waals surface area contributed by atoms with Gasteiger partial charge < -0.3 is 9.30 Å². The second kappa shape index (κ2) is 8.91. The molecule has 0 radical (unpaired) electrons. The minimum absolute atomic E-state index is 0.274. The Hall–Kier alpha value is -2.82. The van der Waals surface area contributed by atoms with E-state index in [4.69, 9.17) is 11.2 Å². The second-order valence-corrected chi connectivity index (χ2v) is 7.61. The van der Waals surface area contributed by atoms with E-state index in [1.165, 1.54) is 11.3 Å². The highest BCUT2D eigenvalue weighted by molar-refractivity contribution is 7.98. The number of nitrogens with zero attached hydrogens (tertiary/aromatic N) is 2. The number of carbonyl (C=O) groups excluding carboxylic acids is 2. The summed E-state index contributed by atoms with van der Waals surface area (Å²) in [6.07, 6.45) is 7.48. The standard InChI is InChI=1S/C21H18N2O3S2/c1-4-12-23-17-11-8-15(20(25)26-5-2)13-18(17)28-21(23)22-19(24)14-6-9-16(27-3)10-7-14/h1,6-11,13H,5,12H2,2-3H3. The fourth-order valence-corrected chi connectivity index (χ4v) is 4.10. The van der Waals surface area contributed by atoms with E-state index in [1.807, 2.05) is 18.4 Å². The predicted octanol–water partition coefficient (Wildman–Crippen LogP) is 3.98. The summed E-state index contributed by atoms with van der Waals surface area (Å²) in [5.41, 5.74) is 1.78. The zero-order valence-electron chi connectivity index (χ0n) is 15.5. The van der Waals surface area contributed by atoms with Gasteiger partial charge in [0, 0.05) is 10.5 Å². The number of thioether (sulfide) groups is 1. The number of aromatic nitrogens is 1. The lowest BCUT2D eigenvalue weighted by atomic mass is 10.2. The van der Waals surface area contributed by atoms with Crippen molar-refractivity contribution in [2.24, 2.45) is 4.99 Å². The molecule has 0 saturated carbocycles. The first kappa shape index (κ1) is 19.9. The molecule has 1 aromatic heterocycles. The molecule has 0 aliphatic heterocycles. The molecule has 28 heavy (non-hydrogen) atoms. The summed E-state index contributed by atoms with van der Waals surface area (Å²) >= 11 is 2.92. The molecule has 0 spiro atoms. The Morgan fingerprint density at radius 1 is 1.21 bits per heavy atom. The van der Waals surface area contributed by atoms with Crippen LogP contribution in [0.4, 0.5) is 0 Å². The van der Waals surface area contributed by atoms with Crippen LogP contribution in [0.2, 0.25) is 0 Å².